The van der Waals surface area contributed by atoms with Crippen LogP contribution in [-0.2, 0) is 18.9 Å². The molecule has 2 saturated carbocycles. The number of rotatable bonds is 7. The summed E-state index contributed by atoms with van der Waals surface area (Å²) in [5.74, 6) is -0.695. The highest BCUT2D eigenvalue weighted by molar-refractivity contribution is 4.99. The molecule has 16 nitrogen and oxygen atoms in total. The van der Waals surface area contributed by atoms with Gasteiger partial charge in [0, 0.05) is 18.8 Å². The Balaban J connectivity index is 1.38. The summed E-state index contributed by atoms with van der Waals surface area (Å²) in [4.78, 5) is 0. The molecule has 19 atom stereocenters. The van der Waals surface area contributed by atoms with Crippen LogP contribution in [-0.4, -0.2) is 178 Å². The van der Waals surface area contributed by atoms with Gasteiger partial charge in [0.1, 0.15) is 54.9 Å². The van der Waals surface area contributed by atoms with Crippen LogP contribution >= 0.6 is 0 Å². The quantitative estimate of drug-likeness (QED) is 0.117. The van der Waals surface area contributed by atoms with E-state index in [1.165, 1.54) is 0 Å². The highest BCUT2D eigenvalue weighted by Crippen LogP contribution is 2.43. The molecule has 5 rings (SSSR count). The Labute approximate surface area is 248 Å². The Bertz CT molecular complexity index is 895. The standard InChI is InChI=1S/C27H46O16/c28-7-17-19(33)21(35)23(37)26(42-17)40-15-5-10(30)4-14-11(15)6-16(25(39-14)9-1-2-12(31)13(32)3-9)41-27-24(38)22(36)20(34)18(8-29)43-27/h9-38H,1-8H2/p+1/t9?,10?,11?,12?,13?,14?,15?,16?,17-,18-,19-,20-,21-,22-,23-,24-,25?,26-,27-/m0/s1. The fourth-order valence-corrected chi connectivity index (χ4v) is 7.34. The van der Waals surface area contributed by atoms with Crippen molar-refractivity contribution in [3.05, 3.63) is 0 Å². The van der Waals surface area contributed by atoms with Gasteiger partial charge in [-0.1, -0.05) is 0 Å². The van der Waals surface area contributed by atoms with E-state index in [0.29, 0.717) is 12.8 Å². The van der Waals surface area contributed by atoms with Crippen molar-refractivity contribution < 1.29 is 79.9 Å². The SMILES string of the molecule is OC[C@@H]1O[C@H](OC2CC(O)CC3[OH+]C(C4CCC(O)C(O)C4)C(O[C@H]4O[C@@H](CO)[C@H](O)[C@H](O)[C@@H]4O)CC23)[C@@H](O)[C@@H](O)[C@H]1O. The maximum atomic E-state index is 10.7. The molecule has 0 amide bonds. The first-order valence-electron chi connectivity index (χ1n) is 15.1. The molecule has 3 heterocycles. The lowest BCUT2D eigenvalue weighted by Gasteiger charge is -2.50. The van der Waals surface area contributed by atoms with Crippen molar-refractivity contribution in [2.24, 2.45) is 11.8 Å². The van der Waals surface area contributed by atoms with E-state index in [-0.39, 0.29) is 31.6 Å². The van der Waals surface area contributed by atoms with Crippen LogP contribution in [0.5, 0.6) is 0 Å². The number of hydrogen-bond donors (Lipinski definition) is 11. The van der Waals surface area contributed by atoms with Crippen molar-refractivity contribution in [1.82, 2.24) is 0 Å². The molecule has 9 unspecified atom stereocenters. The van der Waals surface area contributed by atoms with Gasteiger partial charge in [0.15, 0.2) is 24.8 Å². The molecule has 0 aromatic rings. The van der Waals surface area contributed by atoms with Gasteiger partial charge in [-0.15, -0.1) is 0 Å². The zero-order chi connectivity index (χ0) is 31.2. The van der Waals surface area contributed by atoms with Crippen molar-refractivity contribution in [2.45, 2.75) is 143 Å². The van der Waals surface area contributed by atoms with Gasteiger partial charge >= 0.3 is 0 Å². The first kappa shape index (κ1) is 33.7. The molecule has 43 heavy (non-hydrogen) atoms. The van der Waals surface area contributed by atoms with Crippen molar-refractivity contribution in [1.29, 1.82) is 0 Å². The van der Waals surface area contributed by atoms with E-state index in [2.05, 4.69) is 0 Å². The first-order chi connectivity index (χ1) is 20.4. The van der Waals surface area contributed by atoms with Crippen LogP contribution in [0.4, 0.5) is 0 Å². The number of hydrogen-bond acceptors (Lipinski definition) is 15. The Hall–Kier alpha value is -0.640. The first-order valence-corrected chi connectivity index (χ1v) is 15.1. The fraction of sp³-hybridized carbons (Fsp3) is 1.00. The van der Waals surface area contributed by atoms with Crippen LogP contribution in [0.1, 0.15) is 38.5 Å². The van der Waals surface area contributed by atoms with Gasteiger partial charge < -0.3 is 79.9 Å². The summed E-state index contributed by atoms with van der Waals surface area (Å²) in [6, 6.07) is 0. The predicted molar refractivity (Wildman–Crippen MR) is 140 cm³/mol. The third-order valence-corrected chi connectivity index (χ3v) is 9.86. The molecule has 12 N–H and O–H groups in total. The highest BCUT2D eigenvalue weighted by atomic mass is 16.7. The second-order valence-corrected chi connectivity index (χ2v) is 12.7. The van der Waals surface area contributed by atoms with Gasteiger partial charge in [0.25, 0.3) is 0 Å². The van der Waals surface area contributed by atoms with Crippen molar-refractivity contribution >= 4 is 0 Å². The van der Waals surface area contributed by atoms with Gasteiger partial charge in [-0.05, 0) is 25.7 Å². The van der Waals surface area contributed by atoms with Crippen LogP contribution < -0.4 is 0 Å². The molecule has 0 spiro atoms. The summed E-state index contributed by atoms with van der Waals surface area (Å²) in [7, 11) is 0. The summed E-state index contributed by atoms with van der Waals surface area (Å²) in [5.41, 5.74) is 0. The van der Waals surface area contributed by atoms with Crippen LogP contribution in [0, 0.1) is 11.8 Å². The summed E-state index contributed by atoms with van der Waals surface area (Å²) in [6.07, 6.45) is -18.8. The molecule has 0 aromatic carbocycles. The van der Waals surface area contributed by atoms with Gasteiger partial charge in [-0.2, -0.15) is 0 Å². The molecule has 0 radical (unpaired) electrons. The van der Waals surface area contributed by atoms with Crippen LogP contribution in [0.25, 0.3) is 0 Å². The molecule has 5 fully saturated rings. The second-order valence-electron chi connectivity index (χ2n) is 12.7. The zero-order valence-corrected chi connectivity index (χ0v) is 23.6. The minimum Gasteiger partial charge on any atom is -0.427 e. The molecule has 2 aliphatic carbocycles. The van der Waals surface area contributed by atoms with E-state index in [1.807, 2.05) is 0 Å². The third-order valence-electron chi connectivity index (χ3n) is 9.86. The van der Waals surface area contributed by atoms with Crippen molar-refractivity contribution in [3.63, 3.8) is 0 Å². The molecule has 3 aliphatic heterocycles. The lowest BCUT2D eigenvalue weighted by Crippen LogP contribution is -2.64. The number of aliphatic hydroxyl groups excluding tert-OH is 11. The molecule has 16 heteroatoms. The molecule has 250 valence electrons. The maximum Gasteiger partial charge on any atom is 0.187 e. The fourth-order valence-electron chi connectivity index (χ4n) is 7.34. The second kappa shape index (κ2) is 14.0. The van der Waals surface area contributed by atoms with Gasteiger partial charge in [0.2, 0.25) is 0 Å². The monoisotopic (exact) mass is 627 g/mol. The minimum absolute atomic E-state index is 0.109. The van der Waals surface area contributed by atoms with Crippen LogP contribution in [0.3, 0.4) is 0 Å². The number of ether oxygens (including phenoxy) is 5. The summed E-state index contributed by atoms with van der Waals surface area (Å²) >= 11 is 0. The average Bonchev–Trinajstić information content (AvgIpc) is 2.98. The molecular formula is C27H47O16+. The van der Waals surface area contributed by atoms with Gasteiger partial charge in [-0.25, -0.2) is 0 Å². The lowest BCUT2D eigenvalue weighted by atomic mass is 9.72. The van der Waals surface area contributed by atoms with E-state index in [9.17, 15) is 56.2 Å². The highest BCUT2D eigenvalue weighted by Gasteiger charge is 2.56. The third kappa shape index (κ3) is 6.90. The van der Waals surface area contributed by atoms with E-state index in [1.54, 1.807) is 0 Å². The largest absolute Gasteiger partial charge is 0.427 e. The van der Waals surface area contributed by atoms with Crippen LogP contribution in [0.15, 0.2) is 0 Å². The minimum atomic E-state index is -1.67. The van der Waals surface area contributed by atoms with Crippen molar-refractivity contribution in [3.8, 4) is 0 Å². The molecule has 3 saturated heterocycles. The predicted octanol–water partition coefficient (Wildman–Crippen LogP) is -5.68. The molecule has 0 aromatic heterocycles. The van der Waals surface area contributed by atoms with Gasteiger partial charge in [-0.3, -0.25) is 0 Å². The molecular weight excluding hydrogens is 580 g/mol. The Morgan fingerprint density at radius 3 is 1.67 bits per heavy atom. The number of fused-ring (bicyclic) bond motifs is 1. The normalized spacial score (nSPS) is 54.6. The maximum absolute atomic E-state index is 10.7. The Morgan fingerprint density at radius 2 is 1.14 bits per heavy atom. The van der Waals surface area contributed by atoms with Crippen molar-refractivity contribution in [2.75, 3.05) is 13.2 Å². The lowest BCUT2D eigenvalue weighted by molar-refractivity contribution is -0.367. The Kier molecular flexibility index (Phi) is 11.0. The average molecular weight is 628 g/mol. The smallest absolute Gasteiger partial charge is 0.187 e. The van der Waals surface area contributed by atoms with Crippen LogP contribution in [0.2, 0.25) is 0 Å². The van der Waals surface area contributed by atoms with E-state index in [4.69, 9.17) is 23.7 Å². The van der Waals surface area contributed by atoms with E-state index in [0.717, 1.165) is 0 Å². The molecule has 5 aliphatic rings. The molecule has 0 bridgehead atoms. The summed E-state index contributed by atoms with van der Waals surface area (Å²) in [6.45, 7) is -1.29. The topological polar surface area (TPSA) is 272 Å². The Morgan fingerprint density at radius 1 is 0.581 bits per heavy atom. The summed E-state index contributed by atoms with van der Waals surface area (Å²) < 4.78 is 28.5. The van der Waals surface area contributed by atoms with E-state index < -0.39 is 123 Å². The summed E-state index contributed by atoms with van der Waals surface area (Å²) in [5, 5.41) is 113. The van der Waals surface area contributed by atoms with E-state index >= 15 is 0 Å². The zero-order valence-electron chi connectivity index (χ0n) is 23.6. The van der Waals surface area contributed by atoms with Gasteiger partial charge in [0.05, 0.1) is 43.5 Å². The number of aliphatic hydroxyl groups is 13.